The topological polar surface area (TPSA) is 104 Å². The second-order valence-corrected chi connectivity index (χ2v) is 7.48. The third-order valence-corrected chi connectivity index (χ3v) is 6.73. The second kappa shape index (κ2) is 5.97. The van der Waals surface area contributed by atoms with Crippen LogP contribution in [-0.4, -0.2) is 25.0 Å². The van der Waals surface area contributed by atoms with E-state index in [1.54, 1.807) is 0 Å². The molecule has 0 aromatic heterocycles. The molecule has 1 spiro atoms. The first-order chi connectivity index (χ1) is 12.0. The molecule has 2 aliphatic carbocycles. The lowest BCUT2D eigenvalue weighted by Gasteiger charge is -2.38. The Bertz CT molecular complexity index is 647. The Morgan fingerprint density at radius 2 is 1.72 bits per heavy atom. The fourth-order valence-corrected chi connectivity index (χ4v) is 5.84. The summed E-state index contributed by atoms with van der Waals surface area (Å²) in [5.74, 6) is -0.578. The maximum absolute atomic E-state index is 10.3. The van der Waals surface area contributed by atoms with Crippen molar-refractivity contribution < 1.29 is 9.47 Å². The van der Waals surface area contributed by atoms with Gasteiger partial charge in [0.25, 0.3) is 5.91 Å². The van der Waals surface area contributed by atoms with Crippen LogP contribution in [-0.2, 0) is 9.47 Å². The van der Waals surface area contributed by atoms with Gasteiger partial charge in [-0.15, -0.1) is 0 Å². The first kappa shape index (κ1) is 18.2. The van der Waals surface area contributed by atoms with E-state index in [4.69, 9.17) is 15.2 Å². The Kier molecular flexibility index (Phi) is 4.34. The van der Waals surface area contributed by atoms with Crippen LogP contribution in [0.5, 0.6) is 0 Å². The molecule has 25 heavy (non-hydrogen) atoms. The van der Waals surface area contributed by atoms with Gasteiger partial charge in [-0.05, 0) is 45.4 Å². The smallest absolute Gasteiger partial charge is 0.293 e. The molecule has 2 fully saturated rings. The predicted molar refractivity (Wildman–Crippen MR) is 93.0 cm³/mol. The molecule has 1 heterocycles. The van der Waals surface area contributed by atoms with Crippen molar-refractivity contribution >= 4 is 5.84 Å². The molecule has 2 N–H and O–H groups in total. The number of hydrogen-bond acceptors (Lipinski definition) is 6. The molecule has 2 atom stereocenters. The Labute approximate surface area is 150 Å². The van der Waals surface area contributed by atoms with Gasteiger partial charge < -0.3 is 15.2 Å². The van der Waals surface area contributed by atoms with Crippen LogP contribution in [0.2, 0.25) is 0 Å². The number of nitrogens with two attached hydrogens (primary N) is 1. The lowest BCUT2D eigenvalue weighted by molar-refractivity contribution is -0.262. The average molecular weight is 344 g/mol. The summed E-state index contributed by atoms with van der Waals surface area (Å²) >= 11 is 0. The van der Waals surface area contributed by atoms with Gasteiger partial charge in [0.2, 0.25) is 0 Å². The molecule has 6 nitrogen and oxygen atoms in total. The van der Waals surface area contributed by atoms with Crippen molar-refractivity contribution in [2.24, 2.45) is 32.9 Å². The van der Waals surface area contributed by atoms with Crippen molar-refractivity contribution in [3.05, 3.63) is 0 Å². The molecule has 0 saturated heterocycles. The normalized spacial score (nSPS) is 40.8. The predicted octanol–water partition coefficient (Wildman–Crippen LogP) is 3.09. The van der Waals surface area contributed by atoms with E-state index in [0.29, 0.717) is 19.1 Å². The standard InChI is InChI=1S/C19H28N4O2/c1-4-7-14-8-10-16(11-9-14)17(12-20)15(22)23-19(24-5-2,25-6-3)18(16,17)13-21/h14H,4-11H2,1-3H3,(H2,22,23)/t14?,16?,17-,18+/m0/s1. The molecule has 3 aliphatic rings. The van der Waals surface area contributed by atoms with Crippen molar-refractivity contribution in [3.63, 3.8) is 0 Å². The minimum absolute atomic E-state index is 0.215. The third-order valence-electron chi connectivity index (χ3n) is 6.73. The summed E-state index contributed by atoms with van der Waals surface area (Å²) < 4.78 is 11.8. The SMILES string of the molecule is CCCC1CCC2(CC1)[C@@]1(C#N)C(OCC)(OCC)N=C(N)[C@@]21C#N. The monoisotopic (exact) mass is 344 g/mol. The summed E-state index contributed by atoms with van der Waals surface area (Å²) in [7, 11) is 0. The van der Waals surface area contributed by atoms with Crippen LogP contribution in [0, 0.1) is 44.8 Å². The van der Waals surface area contributed by atoms with E-state index in [-0.39, 0.29) is 5.84 Å². The summed E-state index contributed by atoms with van der Waals surface area (Å²) in [5.41, 5.74) is 3.54. The van der Waals surface area contributed by atoms with Gasteiger partial charge in [0, 0.05) is 18.6 Å². The van der Waals surface area contributed by atoms with Crippen molar-refractivity contribution in [2.75, 3.05) is 13.2 Å². The highest BCUT2D eigenvalue weighted by atomic mass is 16.7. The van der Waals surface area contributed by atoms with Crippen LogP contribution in [0.1, 0.15) is 59.3 Å². The molecular formula is C19H28N4O2. The summed E-state index contributed by atoms with van der Waals surface area (Å²) in [6, 6.07) is 4.83. The van der Waals surface area contributed by atoms with Crippen molar-refractivity contribution in [1.82, 2.24) is 0 Å². The number of rotatable bonds is 6. The number of nitriles is 2. The van der Waals surface area contributed by atoms with Gasteiger partial charge in [-0.1, -0.05) is 19.8 Å². The van der Waals surface area contributed by atoms with Gasteiger partial charge in [-0.3, -0.25) is 0 Å². The molecule has 0 aromatic carbocycles. The lowest BCUT2D eigenvalue weighted by Crippen LogP contribution is -2.46. The van der Waals surface area contributed by atoms with E-state index in [1.165, 1.54) is 6.42 Å². The number of aliphatic imine (C=N–C) groups is 1. The Hall–Kier alpha value is -1.63. The minimum atomic E-state index is -1.46. The summed E-state index contributed by atoms with van der Waals surface area (Å²) in [6.45, 7) is 6.57. The van der Waals surface area contributed by atoms with E-state index in [2.05, 4.69) is 24.1 Å². The fourth-order valence-electron chi connectivity index (χ4n) is 5.84. The van der Waals surface area contributed by atoms with E-state index in [0.717, 1.165) is 32.1 Å². The van der Waals surface area contributed by atoms with Crippen LogP contribution in [0.25, 0.3) is 0 Å². The maximum Gasteiger partial charge on any atom is 0.293 e. The van der Waals surface area contributed by atoms with Crippen molar-refractivity contribution in [3.8, 4) is 12.1 Å². The Morgan fingerprint density at radius 1 is 1.12 bits per heavy atom. The minimum Gasteiger partial charge on any atom is -0.386 e. The van der Waals surface area contributed by atoms with Crippen LogP contribution in [0.3, 0.4) is 0 Å². The molecule has 0 aromatic rings. The van der Waals surface area contributed by atoms with E-state index < -0.39 is 22.2 Å². The second-order valence-electron chi connectivity index (χ2n) is 7.48. The molecule has 3 rings (SSSR count). The van der Waals surface area contributed by atoms with Gasteiger partial charge in [-0.2, -0.15) is 10.5 Å². The van der Waals surface area contributed by atoms with Crippen LogP contribution in [0.15, 0.2) is 4.99 Å². The number of hydrogen-bond donors (Lipinski definition) is 1. The van der Waals surface area contributed by atoms with Gasteiger partial charge in [0.05, 0.1) is 12.1 Å². The molecule has 0 radical (unpaired) electrons. The highest BCUT2D eigenvalue weighted by Crippen LogP contribution is 2.89. The van der Waals surface area contributed by atoms with Crippen LogP contribution >= 0.6 is 0 Å². The van der Waals surface area contributed by atoms with Gasteiger partial charge in [-0.25, -0.2) is 4.99 Å². The van der Waals surface area contributed by atoms with E-state index in [9.17, 15) is 10.5 Å². The Balaban J connectivity index is 2.07. The molecular weight excluding hydrogens is 316 g/mol. The average Bonchev–Trinajstić information content (AvgIpc) is 3.04. The van der Waals surface area contributed by atoms with Gasteiger partial charge in [0.1, 0.15) is 11.3 Å². The zero-order chi connectivity index (χ0) is 18.3. The van der Waals surface area contributed by atoms with Crippen LogP contribution < -0.4 is 5.73 Å². The molecule has 0 amide bonds. The molecule has 0 bridgehead atoms. The van der Waals surface area contributed by atoms with Crippen molar-refractivity contribution in [1.29, 1.82) is 10.5 Å². The van der Waals surface area contributed by atoms with Crippen LogP contribution in [0.4, 0.5) is 0 Å². The molecule has 136 valence electrons. The largest absolute Gasteiger partial charge is 0.386 e. The van der Waals surface area contributed by atoms with Crippen molar-refractivity contribution in [2.45, 2.75) is 65.2 Å². The van der Waals surface area contributed by atoms with Gasteiger partial charge in [0.15, 0.2) is 5.41 Å². The zero-order valence-corrected chi connectivity index (χ0v) is 15.5. The fraction of sp³-hybridized carbons (Fsp3) is 0.842. The molecule has 2 saturated carbocycles. The first-order valence-corrected chi connectivity index (χ1v) is 9.47. The summed E-state index contributed by atoms with van der Waals surface area (Å²) in [6.07, 6.45) is 6.00. The number of fused-ring (bicyclic) bond motifs is 3. The lowest BCUT2D eigenvalue weighted by atomic mass is 9.71. The summed E-state index contributed by atoms with van der Waals surface area (Å²) in [5, 5.41) is 20.4. The summed E-state index contributed by atoms with van der Waals surface area (Å²) in [4.78, 5) is 4.43. The van der Waals surface area contributed by atoms with E-state index in [1.807, 2.05) is 13.8 Å². The molecule has 0 unspecified atom stereocenters. The zero-order valence-electron chi connectivity index (χ0n) is 15.5. The highest BCUT2D eigenvalue weighted by molar-refractivity contribution is 6.00. The first-order valence-electron chi connectivity index (χ1n) is 9.47. The van der Waals surface area contributed by atoms with E-state index >= 15 is 0 Å². The third kappa shape index (κ3) is 1.77. The quantitative estimate of drug-likeness (QED) is 0.745. The number of nitrogens with zero attached hydrogens (tertiary/aromatic N) is 3. The molecule has 1 aliphatic heterocycles. The molecule has 6 heteroatoms. The number of ether oxygens (including phenoxy) is 2. The van der Waals surface area contributed by atoms with Gasteiger partial charge >= 0.3 is 0 Å². The maximum atomic E-state index is 10.3. The Morgan fingerprint density at radius 3 is 2.16 bits per heavy atom. The number of amidine groups is 1. The highest BCUT2D eigenvalue weighted by Gasteiger charge is 3.00.